The summed E-state index contributed by atoms with van der Waals surface area (Å²) in [5.74, 6) is -0.574. The van der Waals surface area contributed by atoms with Gasteiger partial charge in [-0.3, -0.25) is 4.79 Å². The smallest absolute Gasteiger partial charge is 0.407 e. The summed E-state index contributed by atoms with van der Waals surface area (Å²) in [4.78, 5) is 36.7. The monoisotopic (exact) mass is 444 g/mol. The first kappa shape index (κ1) is 23.8. The molecule has 8 heteroatoms. The number of nitrogens with zero attached hydrogens (tertiary/aromatic N) is 1. The molecule has 1 N–H and O–H groups in total. The van der Waals surface area contributed by atoms with Crippen LogP contribution >= 0.6 is 0 Å². The van der Waals surface area contributed by atoms with Crippen molar-refractivity contribution in [3.8, 4) is 0 Å². The number of aromatic nitrogens is 1. The van der Waals surface area contributed by atoms with Gasteiger partial charge in [0.1, 0.15) is 11.2 Å². The molecule has 0 atom stereocenters. The molecule has 2 aromatic rings. The van der Waals surface area contributed by atoms with E-state index in [0.717, 1.165) is 42.5 Å². The Morgan fingerprint density at radius 2 is 1.97 bits per heavy atom. The molecule has 1 aromatic heterocycles. The molecule has 1 amide bonds. The van der Waals surface area contributed by atoms with Crippen LogP contribution in [0.1, 0.15) is 55.6 Å². The van der Waals surface area contributed by atoms with Gasteiger partial charge in [-0.05, 0) is 64.2 Å². The topological polar surface area (TPSA) is 95.9 Å². The summed E-state index contributed by atoms with van der Waals surface area (Å²) in [7, 11) is 0. The Hall–Kier alpha value is -2.87. The number of hydrogen-bond donors (Lipinski definition) is 1. The van der Waals surface area contributed by atoms with E-state index in [1.807, 2.05) is 31.4 Å². The van der Waals surface area contributed by atoms with Gasteiger partial charge in [0.25, 0.3) is 0 Å². The first-order valence-corrected chi connectivity index (χ1v) is 11.1. The fourth-order valence-corrected chi connectivity index (χ4v) is 3.82. The van der Waals surface area contributed by atoms with Crippen LogP contribution in [0, 0.1) is 0 Å². The van der Waals surface area contributed by atoms with Crippen LogP contribution in [-0.2, 0) is 33.6 Å². The number of amides is 1. The average Bonchev–Trinajstić information content (AvgIpc) is 3.12. The van der Waals surface area contributed by atoms with E-state index in [1.165, 1.54) is 0 Å². The largest absolute Gasteiger partial charge is 0.462 e. The molecule has 0 saturated carbocycles. The highest BCUT2D eigenvalue weighted by atomic mass is 16.6. The Labute approximate surface area is 187 Å². The van der Waals surface area contributed by atoms with Gasteiger partial charge in [0.05, 0.1) is 18.7 Å². The number of carbonyl (C=O) groups is 2. The number of hydrogen-bond acceptors (Lipinski definition) is 6. The molecule has 174 valence electrons. The molecule has 1 aromatic carbocycles. The van der Waals surface area contributed by atoms with Crippen molar-refractivity contribution in [3.63, 3.8) is 0 Å². The van der Waals surface area contributed by atoms with Gasteiger partial charge in [-0.15, -0.1) is 0 Å². The van der Waals surface area contributed by atoms with E-state index in [9.17, 15) is 14.4 Å². The molecule has 0 bridgehead atoms. The third kappa shape index (κ3) is 5.88. The van der Waals surface area contributed by atoms with Gasteiger partial charge < -0.3 is 24.1 Å². The van der Waals surface area contributed by atoms with Crippen molar-refractivity contribution >= 4 is 23.0 Å². The standard InChI is InChI=1S/C24H32N2O6/c1-5-31-22(28)19-15-26-10-8-17-13-16(14-18(20(17)26)21(19)27)7-6-11-30-12-9-25-23(29)32-24(2,3)4/h13-15H,5-12H2,1-4H3,(H,25,29). The first-order chi connectivity index (χ1) is 15.2. The molecule has 1 aliphatic rings. The minimum Gasteiger partial charge on any atom is -0.462 e. The maximum absolute atomic E-state index is 12.9. The molecule has 0 aliphatic carbocycles. The highest BCUT2D eigenvalue weighted by Crippen LogP contribution is 2.26. The van der Waals surface area contributed by atoms with Crippen molar-refractivity contribution in [1.29, 1.82) is 0 Å². The highest BCUT2D eigenvalue weighted by molar-refractivity contribution is 5.95. The zero-order valence-electron chi connectivity index (χ0n) is 19.3. The van der Waals surface area contributed by atoms with E-state index in [-0.39, 0.29) is 17.6 Å². The molecule has 2 heterocycles. The second kappa shape index (κ2) is 10.2. The Morgan fingerprint density at radius 1 is 1.19 bits per heavy atom. The van der Waals surface area contributed by atoms with Crippen molar-refractivity contribution in [1.82, 2.24) is 9.88 Å². The first-order valence-electron chi connectivity index (χ1n) is 11.1. The summed E-state index contributed by atoms with van der Waals surface area (Å²) in [6.45, 7) is 9.46. The number of rotatable bonds is 9. The van der Waals surface area contributed by atoms with E-state index in [4.69, 9.17) is 14.2 Å². The minimum atomic E-state index is -0.574. The van der Waals surface area contributed by atoms with E-state index in [0.29, 0.717) is 25.1 Å². The molecule has 3 rings (SSSR count). The Balaban J connectivity index is 1.55. The summed E-state index contributed by atoms with van der Waals surface area (Å²) in [6, 6.07) is 4.02. The minimum absolute atomic E-state index is 0.0881. The zero-order chi connectivity index (χ0) is 23.3. The summed E-state index contributed by atoms with van der Waals surface area (Å²) in [6.07, 6.45) is 3.54. The second-order valence-corrected chi connectivity index (χ2v) is 8.83. The Morgan fingerprint density at radius 3 is 2.69 bits per heavy atom. The maximum atomic E-state index is 12.9. The molecule has 0 fully saturated rings. The molecule has 0 unspecified atom stereocenters. The van der Waals surface area contributed by atoms with Crippen molar-refractivity contribution in [3.05, 3.63) is 45.2 Å². The summed E-state index contributed by atoms with van der Waals surface area (Å²) >= 11 is 0. The van der Waals surface area contributed by atoms with E-state index in [2.05, 4.69) is 11.4 Å². The molecular formula is C24H32N2O6. The van der Waals surface area contributed by atoms with Gasteiger partial charge in [0, 0.05) is 31.3 Å². The van der Waals surface area contributed by atoms with Crippen molar-refractivity contribution in [2.45, 2.75) is 59.1 Å². The van der Waals surface area contributed by atoms with E-state index in [1.54, 1.807) is 13.1 Å². The van der Waals surface area contributed by atoms with Gasteiger partial charge in [-0.25, -0.2) is 9.59 Å². The van der Waals surface area contributed by atoms with Crippen molar-refractivity contribution in [2.24, 2.45) is 0 Å². The van der Waals surface area contributed by atoms with Crippen molar-refractivity contribution in [2.75, 3.05) is 26.4 Å². The van der Waals surface area contributed by atoms with Gasteiger partial charge in [0.2, 0.25) is 5.43 Å². The molecule has 0 spiro atoms. The quantitative estimate of drug-likeness (QED) is 0.471. The third-order valence-corrected chi connectivity index (χ3v) is 5.10. The molecule has 0 saturated heterocycles. The second-order valence-electron chi connectivity index (χ2n) is 8.83. The average molecular weight is 445 g/mol. The maximum Gasteiger partial charge on any atom is 0.407 e. The lowest BCUT2D eigenvalue weighted by atomic mass is 10.0. The molecule has 8 nitrogen and oxygen atoms in total. The molecular weight excluding hydrogens is 412 g/mol. The van der Waals surface area contributed by atoms with Crippen LogP contribution in [0.5, 0.6) is 0 Å². The normalized spacial score (nSPS) is 12.8. The lowest BCUT2D eigenvalue weighted by molar-refractivity contribution is 0.0495. The summed E-state index contributed by atoms with van der Waals surface area (Å²) < 4.78 is 17.8. The number of alkyl carbamates (subject to hydrolysis) is 1. The Bertz CT molecular complexity index is 1050. The van der Waals surface area contributed by atoms with Crippen LogP contribution in [0.25, 0.3) is 10.9 Å². The van der Waals surface area contributed by atoms with Gasteiger partial charge in [-0.2, -0.15) is 0 Å². The van der Waals surface area contributed by atoms with Crippen LogP contribution in [0.3, 0.4) is 0 Å². The number of esters is 1. The number of aryl methyl sites for hydroxylation is 3. The van der Waals surface area contributed by atoms with E-state index < -0.39 is 17.7 Å². The number of pyridine rings is 1. The lowest BCUT2D eigenvalue weighted by Crippen LogP contribution is -2.34. The van der Waals surface area contributed by atoms with Crippen molar-refractivity contribution < 1.29 is 23.8 Å². The van der Waals surface area contributed by atoms with Crippen LogP contribution in [-0.4, -0.2) is 48.6 Å². The third-order valence-electron chi connectivity index (χ3n) is 5.10. The van der Waals surface area contributed by atoms with Gasteiger partial charge in [-0.1, -0.05) is 6.07 Å². The summed E-state index contributed by atoms with van der Waals surface area (Å²) in [5, 5.41) is 3.23. The fourth-order valence-electron chi connectivity index (χ4n) is 3.82. The highest BCUT2D eigenvalue weighted by Gasteiger charge is 2.22. The number of carbonyl (C=O) groups excluding carboxylic acids is 2. The van der Waals surface area contributed by atoms with E-state index >= 15 is 0 Å². The predicted molar refractivity (Wildman–Crippen MR) is 121 cm³/mol. The SMILES string of the molecule is CCOC(=O)c1cn2c3c(cc(CCCOCCNC(=O)OC(C)(C)C)cc3c1=O)CC2. The molecule has 0 radical (unpaired) electrons. The summed E-state index contributed by atoms with van der Waals surface area (Å²) in [5.41, 5.74) is 2.39. The number of ether oxygens (including phenoxy) is 3. The van der Waals surface area contributed by atoms with Crippen LogP contribution < -0.4 is 10.7 Å². The van der Waals surface area contributed by atoms with Gasteiger partial charge >= 0.3 is 12.1 Å². The number of benzene rings is 1. The molecule has 1 aliphatic heterocycles. The zero-order valence-corrected chi connectivity index (χ0v) is 19.3. The Kier molecular flexibility index (Phi) is 7.56. The van der Waals surface area contributed by atoms with Crippen LogP contribution in [0.4, 0.5) is 4.79 Å². The molecule has 32 heavy (non-hydrogen) atoms. The predicted octanol–water partition coefficient (Wildman–Crippen LogP) is 3.21. The number of nitrogens with one attached hydrogen (secondary N) is 1. The van der Waals surface area contributed by atoms with Gasteiger partial charge in [0.15, 0.2) is 0 Å². The van der Waals surface area contributed by atoms with Crippen LogP contribution in [0.15, 0.2) is 23.1 Å². The van der Waals surface area contributed by atoms with Crippen LogP contribution in [0.2, 0.25) is 0 Å². The lowest BCUT2D eigenvalue weighted by Gasteiger charge is -2.19. The fraction of sp³-hybridized carbons (Fsp3) is 0.542.